The predicted molar refractivity (Wildman–Crippen MR) is 244 cm³/mol. The Balaban J connectivity index is 1.36. The van der Waals surface area contributed by atoms with Crippen LogP contribution in [0.25, 0.3) is 10.9 Å². The number of hydrogen-bond donors (Lipinski definition) is 10. The summed E-state index contributed by atoms with van der Waals surface area (Å²) in [4.78, 5) is 107. The van der Waals surface area contributed by atoms with Crippen LogP contribution in [-0.4, -0.2) is 118 Å². The van der Waals surface area contributed by atoms with Gasteiger partial charge in [-0.2, -0.15) is 12.6 Å². The van der Waals surface area contributed by atoms with Crippen molar-refractivity contribution in [3.8, 4) is 0 Å². The SMILES string of the molecule is CC(=O)N[C@@H](Cc1ccccc1)C(=O)NC1CNC(=O)[C@H](CCCN=C(N)N)NC(=O)[C@H](Cc2c[nH]c3ccccc23)NC(=O)[C@@H](CC2CCCCC2)NC(=O)C2C[C@H](S)CN2C1=O. The standard InChI is InChI=1S/C45H61N11O7S/c1-26(57)51-34(19-27-11-4-2-5-12-27)40(59)55-37-24-50-39(58)33(17-10-18-48-45(46)47)52-42(61)36(21-29-23-49-32-16-9-8-15-31(29)32)53-41(60)35(20-28-13-6-3-7-14-28)54-43(62)38-22-30(64)25-56(38)44(37)63/h2,4-5,8-9,11-12,15-16,23,28,30,33-38,49,64H,3,6-7,10,13-14,17-22,24-25H2,1H3,(H,50,58)(H,51,57)(H,52,61)(H,53,60)(H,54,62)(H,55,59)(H4,46,47,48)/t30-,33-,34-,35+,36-,37?,38?/m0/s1. The highest BCUT2D eigenvalue weighted by atomic mass is 32.1. The van der Waals surface area contributed by atoms with Crippen LogP contribution in [0.15, 0.2) is 65.8 Å². The van der Waals surface area contributed by atoms with Gasteiger partial charge in [-0.3, -0.25) is 38.6 Å². The molecule has 3 aromatic rings. The topological polar surface area (TPSA) is 275 Å². The van der Waals surface area contributed by atoms with Gasteiger partial charge in [0.1, 0.15) is 36.3 Å². The Labute approximate surface area is 378 Å². The Morgan fingerprint density at radius 1 is 0.875 bits per heavy atom. The van der Waals surface area contributed by atoms with Crippen LogP contribution in [0.1, 0.15) is 75.8 Å². The number of nitrogens with zero attached hydrogens (tertiary/aromatic N) is 2. The fourth-order valence-electron chi connectivity index (χ4n) is 8.91. The van der Waals surface area contributed by atoms with Crippen LogP contribution in [0, 0.1) is 5.92 Å². The smallest absolute Gasteiger partial charge is 0.247 e. The minimum atomic E-state index is -1.43. The molecule has 7 amide bonds. The fraction of sp³-hybridized carbons (Fsp3) is 0.511. The van der Waals surface area contributed by atoms with Crippen LogP contribution in [0.2, 0.25) is 0 Å². The predicted octanol–water partition coefficient (Wildman–Crippen LogP) is 0.450. The summed E-state index contributed by atoms with van der Waals surface area (Å²) in [6.45, 7) is 1.01. The van der Waals surface area contributed by atoms with E-state index >= 15 is 0 Å². The van der Waals surface area contributed by atoms with E-state index in [0.29, 0.717) is 6.42 Å². The summed E-state index contributed by atoms with van der Waals surface area (Å²) in [6.07, 6.45) is 7.49. The summed E-state index contributed by atoms with van der Waals surface area (Å²) in [7, 11) is 0. The molecule has 7 atom stereocenters. The lowest BCUT2D eigenvalue weighted by Gasteiger charge is -2.33. The Hall–Kier alpha value is -6.11. The molecular formula is C45H61N11O7S. The molecule has 19 heteroatoms. The molecular weight excluding hydrogens is 839 g/mol. The highest BCUT2D eigenvalue weighted by molar-refractivity contribution is 7.81. The molecule has 2 aliphatic heterocycles. The van der Waals surface area contributed by atoms with E-state index in [9.17, 15) is 33.6 Å². The molecule has 3 aliphatic rings. The number of aromatic amines is 1. The van der Waals surface area contributed by atoms with Crippen molar-refractivity contribution in [3.63, 3.8) is 0 Å². The molecule has 1 aromatic heterocycles. The van der Waals surface area contributed by atoms with Gasteiger partial charge in [0.15, 0.2) is 5.96 Å². The van der Waals surface area contributed by atoms with Crippen molar-refractivity contribution in [1.82, 2.24) is 41.8 Å². The lowest BCUT2D eigenvalue weighted by atomic mass is 9.84. The van der Waals surface area contributed by atoms with E-state index in [1.807, 2.05) is 30.3 Å². The van der Waals surface area contributed by atoms with E-state index in [1.54, 1.807) is 30.5 Å². The van der Waals surface area contributed by atoms with Crippen LogP contribution >= 0.6 is 12.6 Å². The second kappa shape index (κ2) is 22.5. The van der Waals surface area contributed by atoms with Crippen LogP contribution in [-0.2, 0) is 46.4 Å². The first kappa shape index (κ1) is 47.4. The first-order valence-corrected chi connectivity index (χ1v) is 22.7. The van der Waals surface area contributed by atoms with Crippen LogP contribution in [0.5, 0.6) is 0 Å². The number of hydrogen-bond acceptors (Lipinski definition) is 9. The van der Waals surface area contributed by atoms with E-state index in [2.05, 4.69) is 54.5 Å². The Bertz CT molecular complexity index is 2170. The van der Waals surface area contributed by atoms with Gasteiger partial charge >= 0.3 is 0 Å². The second-order valence-corrected chi connectivity index (χ2v) is 17.8. The van der Waals surface area contributed by atoms with Crippen molar-refractivity contribution in [2.45, 2.75) is 119 Å². The van der Waals surface area contributed by atoms with Gasteiger partial charge in [0.25, 0.3) is 0 Å². The number of amides is 7. The van der Waals surface area contributed by atoms with Crippen LogP contribution in [0.4, 0.5) is 0 Å². The summed E-state index contributed by atoms with van der Waals surface area (Å²) in [5.74, 6) is -4.38. The van der Waals surface area contributed by atoms with Crippen molar-refractivity contribution in [3.05, 3.63) is 71.9 Å². The number of H-pyrrole nitrogens is 1. The molecule has 2 unspecified atom stereocenters. The maximum absolute atomic E-state index is 14.7. The molecule has 1 aliphatic carbocycles. The van der Waals surface area contributed by atoms with Crippen molar-refractivity contribution >= 4 is 70.8 Å². The number of carbonyl (C=O) groups excluding carboxylic acids is 7. The monoisotopic (exact) mass is 899 g/mol. The number of aromatic nitrogens is 1. The molecule has 2 saturated heterocycles. The summed E-state index contributed by atoms with van der Waals surface area (Å²) in [6, 6.07) is 9.50. The minimum absolute atomic E-state index is 0.0369. The molecule has 6 rings (SSSR count). The second-order valence-electron chi connectivity index (χ2n) is 17.1. The first-order chi connectivity index (χ1) is 30.7. The molecule has 344 valence electrons. The molecule has 1 saturated carbocycles. The van der Waals surface area contributed by atoms with Gasteiger partial charge in [-0.25, -0.2) is 0 Å². The van der Waals surface area contributed by atoms with Crippen LogP contribution < -0.4 is 43.4 Å². The summed E-state index contributed by atoms with van der Waals surface area (Å²) < 4.78 is 0. The zero-order valence-corrected chi connectivity index (χ0v) is 37.0. The van der Waals surface area contributed by atoms with E-state index in [0.717, 1.165) is 54.1 Å². The molecule has 0 radical (unpaired) electrons. The largest absolute Gasteiger partial charge is 0.370 e. The van der Waals surface area contributed by atoms with E-state index in [1.165, 1.54) is 11.8 Å². The molecule has 0 spiro atoms. The third-order valence-electron chi connectivity index (χ3n) is 12.2. The molecule has 18 nitrogen and oxygen atoms in total. The fourth-order valence-corrected chi connectivity index (χ4v) is 9.29. The highest BCUT2D eigenvalue weighted by Gasteiger charge is 2.43. The van der Waals surface area contributed by atoms with Gasteiger partial charge in [0.05, 0.1) is 0 Å². The van der Waals surface area contributed by atoms with Crippen LogP contribution in [0.3, 0.4) is 0 Å². The lowest BCUT2D eigenvalue weighted by Crippen LogP contribution is -2.62. The van der Waals surface area contributed by atoms with Gasteiger partial charge in [-0.05, 0) is 48.8 Å². The molecule has 64 heavy (non-hydrogen) atoms. The number of nitrogens with one attached hydrogen (secondary N) is 7. The van der Waals surface area contributed by atoms with Gasteiger partial charge < -0.3 is 53.3 Å². The number of aliphatic imine (C=N–C) groups is 1. The Morgan fingerprint density at radius 3 is 2.30 bits per heavy atom. The number of fused-ring (bicyclic) bond motifs is 2. The van der Waals surface area contributed by atoms with Gasteiger partial charge in [0.2, 0.25) is 41.4 Å². The zero-order chi connectivity index (χ0) is 45.8. The zero-order valence-electron chi connectivity index (χ0n) is 36.1. The molecule has 3 fully saturated rings. The number of thiol groups is 1. The highest BCUT2D eigenvalue weighted by Crippen LogP contribution is 2.29. The number of nitrogens with two attached hydrogens (primary N) is 2. The summed E-state index contributed by atoms with van der Waals surface area (Å²) in [5.41, 5.74) is 13.4. The van der Waals surface area contributed by atoms with E-state index in [4.69, 9.17) is 11.5 Å². The van der Waals surface area contributed by atoms with Crippen molar-refractivity contribution in [2.75, 3.05) is 19.6 Å². The normalized spacial score (nSPS) is 24.4. The average Bonchev–Trinajstić information content (AvgIpc) is 3.88. The maximum atomic E-state index is 14.7. The van der Waals surface area contributed by atoms with Crippen molar-refractivity contribution in [1.29, 1.82) is 0 Å². The number of para-hydroxylation sites is 1. The molecule has 0 bridgehead atoms. The maximum Gasteiger partial charge on any atom is 0.247 e. The number of carbonyl (C=O) groups is 7. The number of rotatable bonds is 13. The summed E-state index contributed by atoms with van der Waals surface area (Å²) in [5, 5.41) is 17.3. The molecule has 11 N–H and O–H groups in total. The Morgan fingerprint density at radius 2 is 1.56 bits per heavy atom. The van der Waals surface area contributed by atoms with Crippen molar-refractivity contribution in [2.24, 2.45) is 22.4 Å². The average molecular weight is 900 g/mol. The van der Waals surface area contributed by atoms with E-state index in [-0.39, 0.29) is 57.1 Å². The molecule has 3 heterocycles. The number of benzene rings is 2. The van der Waals surface area contributed by atoms with Gasteiger partial charge in [-0.15, -0.1) is 0 Å². The lowest BCUT2D eigenvalue weighted by molar-refractivity contribution is -0.143. The third kappa shape index (κ3) is 13.0. The quantitative estimate of drug-likeness (QED) is 0.0493. The summed E-state index contributed by atoms with van der Waals surface area (Å²) >= 11 is 4.67. The van der Waals surface area contributed by atoms with E-state index < -0.39 is 89.4 Å². The molecule has 2 aromatic carbocycles. The Kier molecular flexibility index (Phi) is 16.6. The first-order valence-electron chi connectivity index (χ1n) is 22.1. The van der Waals surface area contributed by atoms with Gasteiger partial charge in [-0.1, -0.05) is 80.6 Å². The number of guanidine groups is 1. The van der Waals surface area contributed by atoms with Crippen molar-refractivity contribution < 1.29 is 33.6 Å². The van der Waals surface area contributed by atoms with Gasteiger partial charge in [0, 0.05) is 61.7 Å². The third-order valence-corrected chi connectivity index (χ3v) is 12.5. The minimum Gasteiger partial charge on any atom is -0.370 e.